The van der Waals surface area contributed by atoms with Gasteiger partial charge in [0.15, 0.2) is 11.5 Å². The molecule has 210 valence electrons. The van der Waals surface area contributed by atoms with Crippen molar-refractivity contribution in [1.82, 2.24) is 4.98 Å². The molecule has 0 aliphatic carbocycles. The molecule has 0 unspecified atom stereocenters. The quantitative estimate of drug-likeness (QED) is 0.0974. The van der Waals surface area contributed by atoms with Crippen LogP contribution in [0, 0.1) is 11.5 Å². The van der Waals surface area contributed by atoms with E-state index in [-0.39, 0.29) is 11.9 Å². The summed E-state index contributed by atoms with van der Waals surface area (Å²) >= 11 is 0. The second kappa shape index (κ2) is 13.8. The van der Waals surface area contributed by atoms with Gasteiger partial charge in [-0.1, -0.05) is 48.5 Å². The lowest BCUT2D eigenvalue weighted by atomic mass is 9.86. The van der Waals surface area contributed by atoms with Gasteiger partial charge < -0.3 is 20.1 Å². The van der Waals surface area contributed by atoms with Crippen LogP contribution in [-0.4, -0.2) is 24.2 Å². The number of anilines is 1. The molecular weight excluding hydrogens is 538 g/mol. The van der Waals surface area contributed by atoms with E-state index in [1.807, 2.05) is 66.7 Å². The van der Waals surface area contributed by atoms with Gasteiger partial charge in [0.25, 0.3) is 0 Å². The first-order valence-corrected chi connectivity index (χ1v) is 12.4. The summed E-state index contributed by atoms with van der Waals surface area (Å²) in [5.74, 6) is -1.37. The molecule has 4 aromatic rings. The van der Waals surface area contributed by atoms with Crippen LogP contribution in [0.4, 0.5) is 23.2 Å². The van der Waals surface area contributed by atoms with Crippen molar-refractivity contribution in [2.45, 2.75) is 32.1 Å². The number of nitrogens with zero attached hydrogens (tertiary/aromatic N) is 4. The van der Waals surface area contributed by atoms with Crippen LogP contribution < -0.4 is 20.1 Å². The molecule has 1 aromatic heterocycles. The minimum Gasteiger partial charge on any atom is -0.431 e. The lowest BCUT2D eigenvalue weighted by Gasteiger charge is -2.25. The maximum atomic E-state index is 13.1. The third-order valence-corrected chi connectivity index (χ3v) is 6.22. The number of halogens is 4. The summed E-state index contributed by atoms with van der Waals surface area (Å²) in [4.78, 5) is 9.42. The van der Waals surface area contributed by atoms with Gasteiger partial charge in [0.05, 0.1) is 6.54 Å². The van der Waals surface area contributed by atoms with Crippen molar-refractivity contribution in [2.75, 3.05) is 4.90 Å². The predicted octanol–water partition coefficient (Wildman–Crippen LogP) is 6.46. The molecule has 0 fully saturated rings. The van der Waals surface area contributed by atoms with Gasteiger partial charge in [0, 0.05) is 24.0 Å². The van der Waals surface area contributed by atoms with Crippen molar-refractivity contribution < 1.29 is 27.0 Å². The Morgan fingerprint density at radius 2 is 1.46 bits per heavy atom. The molecule has 4 rings (SSSR count). The molecule has 1 heterocycles. The number of nitriles is 1. The largest absolute Gasteiger partial charge is 0.431 e. The molecule has 0 bridgehead atoms. The predicted molar refractivity (Wildman–Crippen MR) is 146 cm³/mol. The maximum Gasteiger partial charge on any atom is 0.387 e. The lowest BCUT2D eigenvalue weighted by Crippen LogP contribution is -2.36. The number of hydrogen-bond acceptors (Lipinski definition) is 5. The number of benzene rings is 3. The van der Waals surface area contributed by atoms with Crippen LogP contribution in [0.3, 0.4) is 0 Å². The van der Waals surface area contributed by atoms with Crippen LogP contribution in [0.2, 0.25) is 0 Å². The highest BCUT2D eigenvalue weighted by Crippen LogP contribution is 2.37. The molecule has 1 atom stereocenters. The van der Waals surface area contributed by atoms with Crippen LogP contribution in [0.25, 0.3) is 0 Å². The van der Waals surface area contributed by atoms with Crippen LogP contribution in [0.5, 0.6) is 11.5 Å². The number of rotatable bonds is 11. The Morgan fingerprint density at radius 1 is 0.829 bits per heavy atom. The third-order valence-electron chi connectivity index (χ3n) is 6.22. The second-order valence-electron chi connectivity index (χ2n) is 8.81. The van der Waals surface area contributed by atoms with Crippen molar-refractivity contribution in [3.63, 3.8) is 0 Å². The van der Waals surface area contributed by atoms with Gasteiger partial charge in [-0.3, -0.25) is 4.98 Å². The second-order valence-corrected chi connectivity index (χ2v) is 8.81. The summed E-state index contributed by atoms with van der Waals surface area (Å²) in [6.07, 6.45) is 5.43. The molecule has 7 nitrogen and oxygen atoms in total. The SMILES string of the molecule is N#C/N=C(\N)N(Cc1ccccc1)c1ccc([C@@H](Cc2ccncc2)c2ccc(OC(F)F)c(OC(F)F)c2)cc1. The van der Waals surface area contributed by atoms with E-state index in [4.69, 9.17) is 11.0 Å². The number of nitrogens with two attached hydrogens (primary N) is 1. The molecular formula is C30H25F4N5O2. The minimum absolute atomic E-state index is 0.0147. The van der Waals surface area contributed by atoms with Gasteiger partial charge in [0.2, 0.25) is 12.2 Å². The van der Waals surface area contributed by atoms with Crippen LogP contribution in [-0.2, 0) is 13.0 Å². The molecule has 3 aromatic carbocycles. The Kier molecular flexibility index (Phi) is 9.72. The first-order valence-electron chi connectivity index (χ1n) is 12.4. The van der Waals surface area contributed by atoms with E-state index in [0.29, 0.717) is 24.2 Å². The first kappa shape index (κ1) is 28.9. The Labute approximate surface area is 234 Å². The van der Waals surface area contributed by atoms with Crippen LogP contribution in [0.1, 0.15) is 28.2 Å². The smallest absolute Gasteiger partial charge is 0.387 e. The van der Waals surface area contributed by atoms with E-state index in [1.54, 1.807) is 23.5 Å². The van der Waals surface area contributed by atoms with Crippen LogP contribution >= 0.6 is 0 Å². The molecule has 0 spiro atoms. The standard InChI is InChI=1S/C30H25F4N5O2/c31-28(32)40-26-11-8-23(17-27(26)41-29(33)34)25(16-20-12-14-37-15-13-20)22-6-9-24(10-7-22)39(30(36)38-19-35)18-21-4-2-1-3-5-21/h1-15,17,25,28-29H,16,18H2,(H2,36,38)/t25-/m1/s1. The van der Waals surface area contributed by atoms with Gasteiger partial charge in [-0.2, -0.15) is 22.8 Å². The van der Waals surface area contributed by atoms with E-state index in [9.17, 15) is 17.6 Å². The topological polar surface area (TPSA) is 96.8 Å². The van der Waals surface area contributed by atoms with E-state index >= 15 is 0 Å². The number of aromatic nitrogens is 1. The molecule has 0 saturated heterocycles. The Hall–Kier alpha value is -5.11. The van der Waals surface area contributed by atoms with Crippen LogP contribution in [0.15, 0.2) is 102 Å². The normalized spacial score (nSPS) is 12.2. The summed E-state index contributed by atoms with van der Waals surface area (Å²) < 4.78 is 60.9. The Morgan fingerprint density at radius 3 is 2.10 bits per heavy atom. The fourth-order valence-corrected chi connectivity index (χ4v) is 4.37. The number of hydrogen-bond donors (Lipinski definition) is 1. The molecule has 0 aliphatic heterocycles. The summed E-state index contributed by atoms with van der Waals surface area (Å²) in [5.41, 5.74) is 9.97. The Balaban J connectivity index is 1.72. The average molecular weight is 564 g/mol. The van der Waals surface area contributed by atoms with Crippen molar-refractivity contribution in [2.24, 2.45) is 10.7 Å². The van der Waals surface area contributed by atoms with Gasteiger partial charge in [-0.25, -0.2) is 0 Å². The highest BCUT2D eigenvalue weighted by Gasteiger charge is 2.22. The summed E-state index contributed by atoms with van der Waals surface area (Å²) in [5, 5.41) is 9.07. The van der Waals surface area contributed by atoms with E-state index in [2.05, 4.69) is 19.5 Å². The fraction of sp³-hybridized carbons (Fsp3) is 0.167. The zero-order chi connectivity index (χ0) is 29.2. The summed E-state index contributed by atoms with van der Waals surface area (Å²) in [6, 6.07) is 24.5. The molecule has 11 heteroatoms. The summed E-state index contributed by atoms with van der Waals surface area (Å²) in [6.45, 7) is -6.09. The van der Waals surface area contributed by atoms with Crippen molar-refractivity contribution >= 4 is 11.6 Å². The first-order chi connectivity index (χ1) is 19.8. The van der Waals surface area contributed by atoms with Gasteiger partial charge in [0.1, 0.15) is 0 Å². The van der Waals surface area contributed by atoms with Crippen molar-refractivity contribution in [3.8, 4) is 17.7 Å². The number of ether oxygens (including phenoxy) is 2. The van der Waals surface area contributed by atoms with Crippen molar-refractivity contribution in [1.29, 1.82) is 5.26 Å². The number of guanidine groups is 1. The highest BCUT2D eigenvalue weighted by molar-refractivity contribution is 5.95. The molecule has 0 saturated carbocycles. The highest BCUT2D eigenvalue weighted by atomic mass is 19.3. The maximum absolute atomic E-state index is 13.1. The number of alkyl halides is 4. The zero-order valence-electron chi connectivity index (χ0n) is 21.6. The molecule has 2 N–H and O–H groups in total. The Bertz CT molecular complexity index is 1480. The van der Waals surface area contributed by atoms with E-state index in [0.717, 1.165) is 16.7 Å². The number of aliphatic imine (C=N–C) groups is 1. The average Bonchev–Trinajstić information content (AvgIpc) is 2.96. The summed E-state index contributed by atoms with van der Waals surface area (Å²) in [7, 11) is 0. The van der Waals surface area contributed by atoms with Crippen molar-refractivity contribution in [3.05, 3.63) is 120 Å². The zero-order valence-corrected chi connectivity index (χ0v) is 21.6. The minimum atomic E-state index is -3.24. The van der Waals surface area contributed by atoms with Gasteiger partial charge in [-0.15, -0.1) is 4.99 Å². The lowest BCUT2D eigenvalue weighted by molar-refractivity contribution is -0.0692. The molecule has 0 amide bonds. The van der Waals surface area contributed by atoms with Gasteiger partial charge in [-0.05, 0) is 65.1 Å². The fourth-order valence-electron chi connectivity index (χ4n) is 4.37. The third kappa shape index (κ3) is 7.95. The molecule has 0 radical (unpaired) electrons. The van der Waals surface area contributed by atoms with Gasteiger partial charge >= 0.3 is 13.2 Å². The number of pyridine rings is 1. The monoisotopic (exact) mass is 563 g/mol. The molecule has 41 heavy (non-hydrogen) atoms. The van der Waals surface area contributed by atoms with E-state index in [1.165, 1.54) is 18.2 Å². The van der Waals surface area contributed by atoms with E-state index < -0.39 is 24.7 Å². The molecule has 0 aliphatic rings.